The van der Waals surface area contributed by atoms with Gasteiger partial charge in [0.2, 0.25) is 6.41 Å². The molecule has 0 bridgehead atoms. The first-order chi connectivity index (χ1) is 10.8. The van der Waals surface area contributed by atoms with Crippen molar-refractivity contribution in [1.29, 1.82) is 0 Å². The summed E-state index contributed by atoms with van der Waals surface area (Å²) in [5, 5.41) is 7.59. The highest BCUT2D eigenvalue weighted by Crippen LogP contribution is 2.30. The molecule has 2 N–H and O–H groups in total. The van der Waals surface area contributed by atoms with Crippen LogP contribution < -0.4 is 15.9 Å². The van der Waals surface area contributed by atoms with Crippen LogP contribution in [0.15, 0.2) is 48.5 Å². The Morgan fingerprint density at radius 1 is 1.14 bits per heavy atom. The van der Waals surface area contributed by atoms with Crippen LogP contribution in [0.5, 0.6) is 0 Å². The molecule has 0 aliphatic heterocycles. The number of hydrogen-bond donors (Lipinski definition) is 2. The summed E-state index contributed by atoms with van der Waals surface area (Å²) < 4.78 is 0. The lowest BCUT2D eigenvalue weighted by atomic mass is 9.98. The fourth-order valence-electron chi connectivity index (χ4n) is 2.65. The molecule has 2 atom stereocenters. The van der Waals surface area contributed by atoms with E-state index in [1.54, 1.807) is 0 Å². The molecule has 22 heavy (non-hydrogen) atoms. The molecule has 0 aromatic heterocycles. The van der Waals surface area contributed by atoms with Crippen LogP contribution in [0, 0.1) is 5.92 Å². The molecule has 3 rings (SSSR count). The first-order valence-corrected chi connectivity index (χ1v) is 8.23. The zero-order valence-corrected chi connectivity index (χ0v) is 13.6. The normalized spacial score (nSPS) is 15.3. The Labute approximate surface area is 133 Å². The molecule has 3 nitrogen and oxygen atoms in total. The van der Waals surface area contributed by atoms with Gasteiger partial charge in [-0.2, -0.15) is 0 Å². The van der Waals surface area contributed by atoms with Gasteiger partial charge in [0, 0.05) is 5.69 Å². The molecule has 1 aliphatic carbocycles. The smallest absolute Gasteiger partial charge is 0.211 e. The average Bonchev–Trinajstić information content (AvgIpc) is 3.33. The first kappa shape index (κ1) is 15.2. The van der Waals surface area contributed by atoms with Crippen LogP contribution in [0.25, 0.3) is 0 Å². The number of amides is 1. The van der Waals surface area contributed by atoms with Crippen molar-refractivity contribution >= 4 is 26.6 Å². The van der Waals surface area contributed by atoms with Gasteiger partial charge in [0.15, 0.2) is 0 Å². The predicted molar refractivity (Wildman–Crippen MR) is 94.5 cm³/mol. The lowest BCUT2D eigenvalue weighted by Crippen LogP contribution is -2.25. The van der Waals surface area contributed by atoms with Gasteiger partial charge in [-0.1, -0.05) is 30.3 Å². The second-order valence-electron chi connectivity index (χ2n) is 5.84. The van der Waals surface area contributed by atoms with E-state index in [1.165, 1.54) is 29.3 Å². The maximum atomic E-state index is 10.7. The minimum atomic E-state index is 0.148. The van der Waals surface area contributed by atoms with Crippen molar-refractivity contribution in [2.24, 2.45) is 5.92 Å². The Hall–Kier alpha value is -1.70. The summed E-state index contributed by atoms with van der Waals surface area (Å²) in [6, 6.07) is 16.7. The van der Waals surface area contributed by atoms with Gasteiger partial charge in [-0.3, -0.25) is 4.79 Å². The number of carbonyl (C=O) groups is 1. The summed E-state index contributed by atoms with van der Waals surface area (Å²) in [6.07, 6.45) is 3.38. The fraction of sp³-hybridized carbons (Fsp3) is 0.278. The molecular weight excluding hydrogens is 291 g/mol. The minimum absolute atomic E-state index is 0.148. The molecular formula is C18H21N2OP. The molecule has 1 saturated carbocycles. The van der Waals surface area contributed by atoms with Gasteiger partial charge in [-0.15, -0.1) is 9.24 Å². The standard InChI is InChI=1S/C18H21N2OP/c21-12-20-16-5-1-3-14(9-16)18(19-11-13-7-8-13)15-4-2-6-17(22)10-15/h1-6,9-10,12-13,18-19H,7-8,11,22H2,(H,20,21). The van der Waals surface area contributed by atoms with Crippen molar-refractivity contribution in [1.82, 2.24) is 5.32 Å². The zero-order chi connectivity index (χ0) is 15.4. The third-order valence-corrected chi connectivity index (χ3v) is 4.36. The molecule has 114 valence electrons. The predicted octanol–water partition coefficient (Wildman–Crippen LogP) is 2.84. The SMILES string of the molecule is O=CNc1cccc(C(NCC2CC2)c2cccc(P)c2)c1. The van der Waals surface area contributed by atoms with Gasteiger partial charge in [0.05, 0.1) is 6.04 Å². The highest BCUT2D eigenvalue weighted by Gasteiger charge is 2.23. The van der Waals surface area contributed by atoms with E-state index < -0.39 is 0 Å². The Morgan fingerprint density at radius 3 is 2.55 bits per heavy atom. The maximum absolute atomic E-state index is 10.7. The Balaban J connectivity index is 1.89. The third kappa shape index (κ3) is 3.94. The zero-order valence-electron chi connectivity index (χ0n) is 12.5. The molecule has 0 radical (unpaired) electrons. The number of nitrogens with one attached hydrogen (secondary N) is 2. The van der Waals surface area contributed by atoms with Crippen LogP contribution in [0.1, 0.15) is 30.0 Å². The number of rotatable bonds is 7. The molecule has 0 spiro atoms. The third-order valence-electron chi connectivity index (χ3n) is 4.00. The van der Waals surface area contributed by atoms with E-state index in [0.717, 1.165) is 24.6 Å². The van der Waals surface area contributed by atoms with Crippen LogP contribution >= 0.6 is 9.24 Å². The van der Waals surface area contributed by atoms with Gasteiger partial charge >= 0.3 is 0 Å². The lowest BCUT2D eigenvalue weighted by molar-refractivity contribution is -0.105. The second-order valence-corrected chi connectivity index (χ2v) is 6.51. The van der Waals surface area contributed by atoms with Crippen LogP contribution in [0.2, 0.25) is 0 Å². The van der Waals surface area contributed by atoms with Crippen LogP contribution in [-0.2, 0) is 4.79 Å². The van der Waals surface area contributed by atoms with E-state index >= 15 is 0 Å². The number of anilines is 1. The summed E-state index contributed by atoms with van der Waals surface area (Å²) >= 11 is 0. The van der Waals surface area contributed by atoms with Gasteiger partial charge < -0.3 is 10.6 Å². The first-order valence-electron chi connectivity index (χ1n) is 7.65. The largest absolute Gasteiger partial charge is 0.329 e. The summed E-state index contributed by atoms with van der Waals surface area (Å²) in [7, 11) is 2.75. The molecule has 2 unspecified atom stereocenters. The van der Waals surface area contributed by atoms with Gasteiger partial charge in [0.1, 0.15) is 0 Å². The van der Waals surface area contributed by atoms with E-state index in [-0.39, 0.29) is 6.04 Å². The minimum Gasteiger partial charge on any atom is -0.329 e. The quantitative estimate of drug-likeness (QED) is 0.610. The highest BCUT2D eigenvalue weighted by atomic mass is 31.0. The van der Waals surface area contributed by atoms with Crippen molar-refractivity contribution in [3.8, 4) is 0 Å². The van der Waals surface area contributed by atoms with Crippen molar-refractivity contribution in [2.45, 2.75) is 18.9 Å². The fourth-order valence-corrected chi connectivity index (χ4v) is 2.95. The summed E-state index contributed by atoms with van der Waals surface area (Å²) in [5.74, 6) is 0.818. The monoisotopic (exact) mass is 312 g/mol. The Bertz CT molecular complexity index is 655. The summed E-state index contributed by atoms with van der Waals surface area (Å²) in [5.41, 5.74) is 3.24. The molecule has 1 fully saturated rings. The van der Waals surface area contributed by atoms with E-state index in [2.05, 4.69) is 50.2 Å². The molecule has 2 aromatic carbocycles. The van der Waals surface area contributed by atoms with Gasteiger partial charge in [-0.25, -0.2) is 0 Å². The number of carbonyl (C=O) groups excluding carboxylic acids is 1. The Morgan fingerprint density at radius 2 is 1.86 bits per heavy atom. The lowest BCUT2D eigenvalue weighted by Gasteiger charge is -2.21. The van der Waals surface area contributed by atoms with Crippen LogP contribution in [0.4, 0.5) is 5.69 Å². The second kappa shape index (κ2) is 7.04. The highest BCUT2D eigenvalue weighted by molar-refractivity contribution is 7.27. The van der Waals surface area contributed by atoms with Crippen molar-refractivity contribution in [3.63, 3.8) is 0 Å². The van der Waals surface area contributed by atoms with E-state index in [0.29, 0.717) is 0 Å². The number of hydrogen-bond acceptors (Lipinski definition) is 2. The maximum Gasteiger partial charge on any atom is 0.211 e. The molecule has 0 saturated heterocycles. The van der Waals surface area contributed by atoms with Crippen molar-refractivity contribution in [3.05, 3.63) is 59.7 Å². The Kier molecular flexibility index (Phi) is 4.87. The van der Waals surface area contributed by atoms with Crippen molar-refractivity contribution in [2.75, 3.05) is 11.9 Å². The average molecular weight is 312 g/mol. The van der Waals surface area contributed by atoms with Gasteiger partial charge in [0.25, 0.3) is 0 Å². The molecule has 0 heterocycles. The molecule has 1 amide bonds. The van der Waals surface area contributed by atoms with Gasteiger partial charge in [-0.05, 0) is 59.9 Å². The summed E-state index contributed by atoms with van der Waals surface area (Å²) in [4.78, 5) is 10.7. The molecule has 4 heteroatoms. The van der Waals surface area contributed by atoms with E-state index in [4.69, 9.17) is 0 Å². The topological polar surface area (TPSA) is 41.1 Å². The van der Waals surface area contributed by atoms with Crippen LogP contribution in [0.3, 0.4) is 0 Å². The van der Waals surface area contributed by atoms with Crippen molar-refractivity contribution < 1.29 is 4.79 Å². The molecule has 1 aliphatic rings. The number of benzene rings is 2. The van der Waals surface area contributed by atoms with E-state index in [1.807, 2.05) is 18.2 Å². The van der Waals surface area contributed by atoms with Crippen LogP contribution in [-0.4, -0.2) is 13.0 Å². The molecule has 2 aromatic rings. The van der Waals surface area contributed by atoms with E-state index in [9.17, 15) is 4.79 Å². The summed E-state index contributed by atoms with van der Waals surface area (Å²) in [6.45, 7) is 1.04.